The van der Waals surface area contributed by atoms with Crippen molar-refractivity contribution in [2.24, 2.45) is 0 Å². The number of sulfone groups is 1. The molecule has 0 saturated heterocycles. The molecule has 1 aliphatic heterocycles. The van der Waals surface area contributed by atoms with Gasteiger partial charge in [0.15, 0.2) is 9.84 Å². The first-order valence-electron chi connectivity index (χ1n) is 5.29. The van der Waals surface area contributed by atoms with Crippen molar-refractivity contribution in [3.05, 3.63) is 41.7 Å². The van der Waals surface area contributed by atoms with Crippen molar-refractivity contribution in [3.63, 3.8) is 0 Å². The molecule has 1 aromatic carbocycles. The maximum atomic E-state index is 11.3. The molecule has 1 aliphatic rings. The Kier molecular flexibility index (Phi) is 3.22. The maximum absolute atomic E-state index is 11.3. The summed E-state index contributed by atoms with van der Waals surface area (Å²) in [5.41, 5.74) is 0.630. The molecule has 0 radical (unpaired) electrons. The minimum atomic E-state index is -3.19. The van der Waals surface area contributed by atoms with Gasteiger partial charge in [-0.1, -0.05) is 12.1 Å². The molecule has 0 amide bonds. The maximum Gasteiger partial charge on any atom is 0.175 e. The molecule has 0 spiro atoms. The number of hydrogen-bond acceptors (Lipinski definition) is 4. The van der Waals surface area contributed by atoms with Crippen LogP contribution in [0.4, 0.5) is 0 Å². The van der Waals surface area contributed by atoms with Crippen LogP contribution in [0, 0.1) is 0 Å². The van der Waals surface area contributed by atoms with Crippen LogP contribution in [0.5, 0.6) is 0 Å². The largest absolute Gasteiger partial charge is 0.495 e. The standard InChI is InChI=1S/C12H14O4S/c1-17(14,15)10-6-4-9(5-7-10)12(13)11-3-2-8-16-11/h3-7,12-13H,2,8H2,1H3. The molecule has 0 bridgehead atoms. The first kappa shape index (κ1) is 12.1. The molecular formula is C12H14O4S. The van der Waals surface area contributed by atoms with Gasteiger partial charge in [-0.2, -0.15) is 0 Å². The van der Waals surface area contributed by atoms with Crippen LogP contribution in [0.1, 0.15) is 18.1 Å². The Hall–Kier alpha value is -1.33. The van der Waals surface area contributed by atoms with Gasteiger partial charge in [-0.3, -0.25) is 0 Å². The van der Waals surface area contributed by atoms with Gasteiger partial charge in [-0.15, -0.1) is 0 Å². The normalized spacial score (nSPS) is 17.4. The van der Waals surface area contributed by atoms with E-state index in [0.29, 0.717) is 17.9 Å². The Morgan fingerprint density at radius 3 is 2.41 bits per heavy atom. The summed E-state index contributed by atoms with van der Waals surface area (Å²) < 4.78 is 27.8. The van der Waals surface area contributed by atoms with Crippen LogP contribution in [0.3, 0.4) is 0 Å². The molecule has 1 heterocycles. The summed E-state index contributed by atoms with van der Waals surface area (Å²) >= 11 is 0. The fourth-order valence-corrected chi connectivity index (χ4v) is 2.32. The van der Waals surface area contributed by atoms with Crippen molar-refractivity contribution in [3.8, 4) is 0 Å². The van der Waals surface area contributed by atoms with Gasteiger partial charge in [0.25, 0.3) is 0 Å². The number of benzene rings is 1. The number of hydrogen-bond donors (Lipinski definition) is 1. The van der Waals surface area contributed by atoms with Crippen LogP contribution >= 0.6 is 0 Å². The zero-order valence-electron chi connectivity index (χ0n) is 9.46. The van der Waals surface area contributed by atoms with Crippen molar-refractivity contribution in [1.29, 1.82) is 0 Å². The summed E-state index contributed by atoms with van der Waals surface area (Å²) in [5, 5.41) is 9.97. The highest BCUT2D eigenvalue weighted by atomic mass is 32.2. The lowest BCUT2D eigenvalue weighted by atomic mass is 10.1. The molecular weight excluding hydrogens is 240 g/mol. The summed E-state index contributed by atoms with van der Waals surface area (Å²) in [6, 6.07) is 6.18. The zero-order valence-corrected chi connectivity index (χ0v) is 10.3. The summed E-state index contributed by atoms with van der Waals surface area (Å²) in [6.07, 6.45) is 2.98. The summed E-state index contributed by atoms with van der Waals surface area (Å²) in [5.74, 6) is 0.539. The minimum absolute atomic E-state index is 0.245. The van der Waals surface area contributed by atoms with Gasteiger partial charge in [0, 0.05) is 12.7 Å². The molecule has 1 N–H and O–H groups in total. The fourth-order valence-electron chi connectivity index (χ4n) is 1.69. The van der Waals surface area contributed by atoms with Crippen molar-refractivity contribution in [2.75, 3.05) is 12.9 Å². The lowest BCUT2D eigenvalue weighted by molar-refractivity contribution is 0.119. The first-order valence-corrected chi connectivity index (χ1v) is 7.18. The topological polar surface area (TPSA) is 63.6 Å². The quantitative estimate of drug-likeness (QED) is 0.886. The Balaban J connectivity index is 2.23. The molecule has 92 valence electrons. The van der Waals surface area contributed by atoms with E-state index in [4.69, 9.17) is 4.74 Å². The van der Waals surface area contributed by atoms with Crippen LogP contribution in [0.15, 0.2) is 41.0 Å². The van der Waals surface area contributed by atoms with Gasteiger partial charge in [0.1, 0.15) is 11.9 Å². The molecule has 0 aliphatic carbocycles. The second-order valence-electron chi connectivity index (χ2n) is 3.99. The predicted molar refractivity (Wildman–Crippen MR) is 63.2 cm³/mol. The van der Waals surface area contributed by atoms with Gasteiger partial charge < -0.3 is 9.84 Å². The van der Waals surface area contributed by atoms with Crippen molar-refractivity contribution < 1.29 is 18.3 Å². The molecule has 0 fully saturated rings. The van der Waals surface area contributed by atoms with Crippen LogP contribution in [-0.2, 0) is 14.6 Å². The van der Waals surface area contributed by atoms with Gasteiger partial charge in [0.05, 0.1) is 11.5 Å². The van der Waals surface area contributed by atoms with Crippen LogP contribution in [0.25, 0.3) is 0 Å². The van der Waals surface area contributed by atoms with Crippen molar-refractivity contribution in [2.45, 2.75) is 17.4 Å². The predicted octanol–water partition coefficient (Wildman–Crippen LogP) is 1.43. The highest BCUT2D eigenvalue weighted by Gasteiger charge is 2.18. The summed E-state index contributed by atoms with van der Waals surface area (Å²) in [7, 11) is -3.19. The Morgan fingerprint density at radius 1 is 1.29 bits per heavy atom. The number of aliphatic hydroxyl groups is 1. The van der Waals surface area contributed by atoms with Gasteiger partial charge in [0.2, 0.25) is 0 Å². The van der Waals surface area contributed by atoms with Crippen molar-refractivity contribution >= 4 is 9.84 Å². The van der Waals surface area contributed by atoms with Crippen LogP contribution in [0.2, 0.25) is 0 Å². The molecule has 1 atom stereocenters. The average Bonchev–Trinajstić information content (AvgIpc) is 2.80. The third-order valence-corrected chi connectivity index (χ3v) is 3.75. The fraction of sp³-hybridized carbons (Fsp3) is 0.333. The first-order chi connectivity index (χ1) is 7.98. The SMILES string of the molecule is CS(=O)(=O)c1ccc(C(O)C2=CCCO2)cc1. The third kappa shape index (κ3) is 2.68. The molecule has 5 heteroatoms. The lowest BCUT2D eigenvalue weighted by Gasteiger charge is -2.12. The van der Waals surface area contributed by atoms with E-state index in [1.165, 1.54) is 12.1 Å². The lowest BCUT2D eigenvalue weighted by Crippen LogP contribution is -2.03. The van der Waals surface area contributed by atoms with Gasteiger partial charge in [-0.05, 0) is 23.8 Å². The molecule has 0 saturated carbocycles. The summed E-state index contributed by atoms with van der Waals surface area (Å²) in [6.45, 7) is 0.591. The van der Waals surface area contributed by atoms with E-state index in [-0.39, 0.29) is 4.90 Å². The molecule has 1 aromatic rings. The van der Waals surface area contributed by atoms with Crippen LogP contribution in [-0.4, -0.2) is 26.4 Å². The highest BCUT2D eigenvalue weighted by molar-refractivity contribution is 7.90. The molecule has 0 aromatic heterocycles. The van der Waals surface area contributed by atoms with Crippen LogP contribution < -0.4 is 0 Å². The third-order valence-electron chi connectivity index (χ3n) is 2.63. The monoisotopic (exact) mass is 254 g/mol. The molecule has 4 nitrogen and oxygen atoms in total. The van der Waals surface area contributed by atoms with Crippen molar-refractivity contribution in [1.82, 2.24) is 0 Å². The molecule has 2 rings (SSSR count). The minimum Gasteiger partial charge on any atom is -0.495 e. The summed E-state index contributed by atoms with van der Waals surface area (Å²) in [4.78, 5) is 0.245. The second-order valence-corrected chi connectivity index (χ2v) is 6.00. The number of ether oxygens (including phenoxy) is 1. The highest BCUT2D eigenvalue weighted by Crippen LogP contribution is 2.26. The average molecular weight is 254 g/mol. The van der Waals surface area contributed by atoms with Gasteiger partial charge in [-0.25, -0.2) is 8.42 Å². The van der Waals surface area contributed by atoms with E-state index in [2.05, 4.69) is 0 Å². The Bertz CT molecular complexity index is 528. The molecule has 1 unspecified atom stereocenters. The zero-order chi connectivity index (χ0) is 12.5. The van der Waals surface area contributed by atoms with E-state index in [9.17, 15) is 13.5 Å². The van der Waals surface area contributed by atoms with E-state index >= 15 is 0 Å². The van der Waals surface area contributed by atoms with Gasteiger partial charge >= 0.3 is 0 Å². The Morgan fingerprint density at radius 2 is 1.94 bits per heavy atom. The van der Waals surface area contributed by atoms with E-state index in [1.807, 2.05) is 6.08 Å². The number of rotatable bonds is 3. The second kappa shape index (κ2) is 4.50. The Labute approximate surface area is 100 Å². The molecule has 17 heavy (non-hydrogen) atoms. The van der Waals surface area contributed by atoms with E-state index < -0.39 is 15.9 Å². The smallest absolute Gasteiger partial charge is 0.175 e. The van der Waals surface area contributed by atoms with E-state index in [0.717, 1.165) is 12.7 Å². The number of aliphatic hydroxyl groups excluding tert-OH is 1. The van der Waals surface area contributed by atoms with E-state index in [1.54, 1.807) is 12.1 Å².